The summed E-state index contributed by atoms with van der Waals surface area (Å²) in [6.07, 6.45) is 3.98. The molecule has 0 bridgehead atoms. The normalized spacial score (nSPS) is 25.3. The number of rotatable bonds is 5. The van der Waals surface area contributed by atoms with Crippen LogP contribution in [-0.2, 0) is 27.3 Å². The van der Waals surface area contributed by atoms with Gasteiger partial charge in [-0.3, -0.25) is 14.5 Å². The van der Waals surface area contributed by atoms with Crippen LogP contribution in [0.25, 0.3) is 21.5 Å². The number of hydrogen-bond donors (Lipinski definition) is 1. The number of fused-ring (bicyclic) bond motifs is 2. The number of carbonyl (C=O) groups excluding carboxylic acids is 2. The number of halogens is 1. The van der Waals surface area contributed by atoms with Gasteiger partial charge in [0.2, 0.25) is 11.8 Å². The molecule has 1 saturated carbocycles. The molecule has 1 aliphatic carbocycles. The van der Waals surface area contributed by atoms with E-state index in [0.29, 0.717) is 11.6 Å². The molecule has 7 nitrogen and oxygen atoms in total. The average Bonchev–Trinajstić information content (AvgIpc) is 3.26. The van der Waals surface area contributed by atoms with Crippen LogP contribution >= 0.6 is 22.9 Å². The first-order valence-electron chi connectivity index (χ1n) is 12.5. The minimum absolute atomic E-state index is 0.0308. The number of nitrogens with zero attached hydrogens (tertiary/aromatic N) is 3. The molecule has 0 spiro atoms. The summed E-state index contributed by atoms with van der Waals surface area (Å²) >= 11 is 8.07. The summed E-state index contributed by atoms with van der Waals surface area (Å²) in [6, 6.07) is 5.93. The second-order valence-electron chi connectivity index (χ2n) is 10.8. The fraction of sp³-hybridized carbons (Fsp3) is 0.481. The summed E-state index contributed by atoms with van der Waals surface area (Å²) in [5, 5.41) is 4.14. The van der Waals surface area contributed by atoms with Crippen LogP contribution < -0.4 is 5.32 Å². The van der Waals surface area contributed by atoms with Crippen LogP contribution in [-0.4, -0.2) is 51.5 Å². The number of hydrogen-bond acceptors (Lipinski definition) is 7. The Labute approximate surface area is 219 Å². The summed E-state index contributed by atoms with van der Waals surface area (Å²) in [7, 11) is 0. The molecule has 3 aliphatic rings. The summed E-state index contributed by atoms with van der Waals surface area (Å²) in [5.74, 6) is -0.282. The number of aryl methyl sites for hydroxylation is 1. The van der Waals surface area contributed by atoms with Crippen molar-refractivity contribution in [3.05, 3.63) is 45.6 Å². The summed E-state index contributed by atoms with van der Waals surface area (Å²) in [6.45, 7) is 8.18. The van der Waals surface area contributed by atoms with Gasteiger partial charge in [-0.05, 0) is 62.9 Å². The van der Waals surface area contributed by atoms with Crippen molar-refractivity contribution in [2.24, 2.45) is 11.8 Å². The van der Waals surface area contributed by atoms with Gasteiger partial charge in [-0.1, -0.05) is 11.6 Å². The topological polar surface area (TPSA) is 84.4 Å². The molecule has 2 aliphatic heterocycles. The number of carbonyl (C=O) groups is 2. The monoisotopic (exact) mass is 524 g/mol. The van der Waals surface area contributed by atoms with Crippen molar-refractivity contribution in [3.63, 3.8) is 0 Å². The molecule has 3 aromatic rings. The van der Waals surface area contributed by atoms with Crippen molar-refractivity contribution in [1.29, 1.82) is 0 Å². The second-order valence-corrected chi connectivity index (χ2v) is 12.4. The number of benzene rings is 1. The molecular weight excluding hydrogens is 496 g/mol. The Morgan fingerprint density at radius 2 is 1.92 bits per heavy atom. The van der Waals surface area contributed by atoms with Crippen LogP contribution in [0.4, 0.5) is 0 Å². The van der Waals surface area contributed by atoms with Crippen molar-refractivity contribution >= 4 is 45.0 Å². The third kappa shape index (κ3) is 4.14. The Morgan fingerprint density at radius 3 is 2.61 bits per heavy atom. The van der Waals surface area contributed by atoms with Crippen LogP contribution in [0.5, 0.6) is 0 Å². The Balaban J connectivity index is 1.36. The molecule has 2 saturated heterocycles. The van der Waals surface area contributed by atoms with Gasteiger partial charge in [0.15, 0.2) is 0 Å². The number of aromatic nitrogens is 2. The van der Waals surface area contributed by atoms with Crippen molar-refractivity contribution in [2.45, 2.75) is 58.3 Å². The first kappa shape index (κ1) is 24.0. The standard InChI is InChI=1S/C27H29ClN4O3S/c1-14-6-15(28)7-21(20(14)8-16-10-29-12-27(2,3)35-16)23-24-22(30-13-31-23)9-17(36-24)11-32-25(33)18-4-5-19(18)26(32)34/h6-7,9,13,16,18-19,29H,4-5,8,10-12H2,1-3H3. The largest absolute Gasteiger partial charge is 0.369 e. The quantitative estimate of drug-likeness (QED) is 0.494. The highest BCUT2D eigenvalue weighted by Gasteiger charge is 2.52. The van der Waals surface area contributed by atoms with E-state index < -0.39 is 0 Å². The summed E-state index contributed by atoms with van der Waals surface area (Å²) in [4.78, 5) is 36.9. The Kier molecular flexibility index (Phi) is 5.91. The van der Waals surface area contributed by atoms with Crippen LogP contribution in [0.3, 0.4) is 0 Å². The molecule has 188 valence electrons. The summed E-state index contributed by atoms with van der Waals surface area (Å²) in [5.41, 5.74) is 4.62. The van der Waals surface area contributed by atoms with Crippen molar-refractivity contribution in [3.8, 4) is 11.3 Å². The lowest BCUT2D eigenvalue weighted by molar-refractivity contribution is -0.140. The third-order valence-electron chi connectivity index (χ3n) is 7.65. The van der Waals surface area contributed by atoms with E-state index in [9.17, 15) is 9.59 Å². The Bertz CT molecular complexity index is 1360. The van der Waals surface area contributed by atoms with Gasteiger partial charge in [0.05, 0.1) is 46.0 Å². The smallest absolute Gasteiger partial charge is 0.233 e. The lowest BCUT2D eigenvalue weighted by Crippen LogP contribution is -2.51. The SMILES string of the molecule is Cc1cc(Cl)cc(-c2ncnc3cc(CN4C(=O)C5CCC5C4=O)sc23)c1CC1CNCC(C)(C)O1. The molecule has 6 rings (SSSR count). The molecule has 3 unspecified atom stereocenters. The van der Waals surface area contributed by atoms with Gasteiger partial charge in [-0.15, -0.1) is 11.3 Å². The highest BCUT2D eigenvalue weighted by molar-refractivity contribution is 7.19. The van der Waals surface area contributed by atoms with Gasteiger partial charge >= 0.3 is 0 Å². The molecule has 3 atom stereocenters. The minimum Gasteiger partial charge on any atom is -0.369 e. The lowest BCUT2D eigenvalue weighted by Gasteiger charge is -2.37. The van der Waals surface area contributed by atoms with Crippen molar-refractivity contribution < 1.29 is 14.3 Å². The number of likely N-dealkylation sites (tertiary alicyclic amines) is 1. The fourth-order valence-electron chi connectivity index (χ4n) is 5.75. The number of imide groups is 1. The van der Waals surface area contributed by atoms with E-state index in [4.69, 9.17) is 16.3 Å². The van der Waals surface area contributed by atoms with Gasteiger partial charge in [-0.25, -0.2) is 9.97 Å². The van der Waals surface area contributed by atoms with E-state index in [0.717, 1.165) is 69.8 Å². The van der Waals surface area contributed by atoms with Gasteiger partial charge < -0.3 is 10.1 Å². The maximum absolute atomic E-state index is 12.7. The predicted molar refractivity (Wildman–Crippen MR) is 140 cm³/mol. The molecular formula is C27H29ClN4O3S. The highest BCUT2D eigenvalue weighted by Crippen LogP contribution is 2.44. The maximum atomic E-state index is 12.7. The van der Waals surface area contributed by atoms with E-state index in [1.165, 1.54) is 4.90 Å². The summed E-state index contributed by atoms with van der Waals surface area (Å²) < 4.78 is 7.30. The maximum Gasteiger partial charge on any atom is 0.233 e. The van der Waals surface area contributed by atoms with Gasteiger partial charge in [0.25, 0.3) is 0 Å². The van der Waals surface area contributed by atoms with Gasteiger partial charge in [0, 0.05) is 35.0 Å². The average molecular weight is 525 g/mol. The molecule has 36 heavy (non-hydrogen) atoms. The molecule has 4 heterocycles. The minimum atomic E-state index is -0.224. The van der Waals surface area contributed by atoms with E-state index >= 15 is 0 Å². The van der Waals surface area contributed by atoms with Crippen LogP contribution in [0.15, 0.2) is 24.5 Å². The lowest BCUT2D eigenvalue weighted by atomic mass is 9.76. The zero-order valence-corrected chi connectivity index (χ0v) is 22.2. The van der Waals surface area contributed by atoms with E-state index in [1.807, 2.05) is 18.2 Å². The van der Waals surface area contributed by atoms with Crippen LogP contribution in [0.1, 0.15) is 42.7 Å². The molecule has 9 heteroatoms. The van der Waals surface area contributed by atoms with Crippen molar-refractivity contribution in [2.75, 3.05) is 13.1 Å². The molecule has 1 N–H and O–H groups in total. The first-order valence-corrected chi connectivity index (χ1v) is 13.7. The Hall–Kier alpha value is -2.39. The number of thiophene rings is 1. The third-order valence-corrected chi connectivity index (χ3v) is 8.98. The molecule has 1 aromatic carbocycles. The molecule has 2 amide bonds. The molecule has 2 aromatic heterocycles. The van der Waals surface area contributed by atoms with E-state index in [2.05, 4.69) is 36.1 Å². The van der Waals surface area contributed by atoms with Crippen molar-refractivity contribution in [1.82, 2.24) is 20.2 Å². The molecule has 0 radical (unpaired) electrons. The van der Waals surface area contributed by atoms with Crippen LogP contribution in [0.2, 0.25) is 5.02 Å². The zero-order chi connectivity index (χ0) is 25.2. The highest BCUT2D eigenvalue weighted by atomic mass is 35.5. The number of ether oxygens (including phenoxy) is 1. The van der Waals surface area contributed by atoms with Crippen LogP contribution in [0, 0.1) is 18.8 Å². The van der Waals surface area contributed by atoms with Gasteiger partial charge in [0.1, 0.15) is 6.33 Å². The second kappa shape index (κ2) is 8.87. The van der Waals surface area contributed by atoms with Gasteiger partial charge in [-0.2, -0.15) is 0 Å². The molecule has 3 fully saturated rings. The Morgan fingerprint density at radius 1 is 1.17 bits per heavy atom. The fourth-order valence-corrected chi connectivity index (χ4v) is 7.13. The van der Waals surface area contributed by atoms with E-state index in [-0.39, 0.29) is 35.4 Å². The predicted octanol–water partition coefficient (Wildman–Crippen LogP) is 4.52. The zero-order valence-electron chi connectivity index (χ0n) is 20.6. The number of morpholine rings is 1. The first-order chi connectivity index (χ1) is 17.2. The number of amides is 2. The number of nitrogens with one attached hydrogen (secondary N) is 1. The van der Waals surface area contributed by atoms with E-state index in [1.54, 1.807) is 17.7 Å².